The summed E-state index contributed by atoms with van der Waals surface area (Å²) < 4.78 is 24.7. The lowest BCUT2D eigenvalue weighted by Gasteiger charge is -2.13. The standard InChI is InChI=1S/C20H24FN3O2/c1-2-22-20(23-13-15-5-3-6-17(21)11-15)24-14-16-7-8-18-19(12-16)26-10-4-9-25-18/h3,5-8,11-12H,2,4,9-10,13-14H2,1H3,(H2,22,23,24). The first-order chi connectivity index (χ1) is 12.7. The highest BCUT2D eigenvalue weighted by atomic mass is 19.1. The fourth-order valence-corrected chi connectivity index (χ4v) is 2.65. The smallest absolute Gasteiger partial charge is 0.191 e. The molecule has 3 rings (SSSR count). The van der Waals surface area contributed by atoms with E-state index in [1.54, 1.807) is 6.07 Å². The van der Waals surface area contributed by atoms with Gasteiger partial charge < -0.3 is 20.1 Å². The van der Waals surface area contributed by atoms with E-state index in [0.717, 1.165) is 35.6 Å². The molecule has 138 valence electrons. The number of hydrogen-bond acceptors (Lipinski definition) is 3. The molecule has 0 saturated heterocycles. The summed E-state index contributed by atoms with van der Waals surface area (Å²) in [5.74, 6) is 2.01. The third-order valence-electron chi connectivity index (χ3n) is 3.92. The second-order valence-corrected chi connectivity index (χ2v) is 6.01. The molecule has 0 saturated carbocycles. The molecule has 0 unspecified atom stereocenters. The first kappa shape index (κ1) is 18.0. The molecule has 2 aromatic rings. The number of hydrogen-bond donors (Lipinski definition) is 2. The van der Waals surface area contributed by atoms with E-state index in [1.165, 1.54) is 12.1 Å². The van der Waals surface area contributed by atoms with Crippen LogP contribution >= 0.6 is 0 Å². The summed E-state index contributed by atoms with van der Waals surface area (Å²) in [5, 5.41) is 6.49. The van der Waals surface area contributed by atoms with Crippen LogP contribution in [-0.2, 0) is 13.1 Å². The Kier molecular flexibility index (Phi) is 6.30. The second kappa shape index (κ2) is 9.08. The summed E-state index contributed by atoms with van der Waals surface area (Å²) in [6, 6.07) is 12.4. The molecular formula is C20H24FN3O2. The lowest BCUT2D eigenvalue weighted by atomic mass is 10.2. The Morgan fingerprint density at radius 3 is 2.69 bits per heavy atom. The molecule has 2 aromatic carbocycles. The van der Waals surface area contributed by atoms with Gasteiger partial charge in [-0.2, -0.15) is 0 Å². The van der Waals surface area contributed by atoms with E-state index < -0.39 is 0 Å². The summed E-state index contributed by atoms with van der Waals surface area (Å²) in [6.45, 7) is 5.12. The van der Waals surface area contributed by atoms with Crippen molar-refractivity contribution >= 4 is 5.96 Å². The van der Waals surface area contributed by atoms with Crippen LogP contribution in [0.4, 0.5) is 4.39 Å². The quantitative estimate of drug-likeness (QED) is 0.637. The zero-order chi connectivity index (χ0) is 18.2. The maximum absolute atomic E-state index is 13.3. The number of benzene rings is 2. The molecule has 0 spiro atoms. The summed E-state index contributed by atoms with van der Waals surface area (Å²) in [4.78, 5) is 4.51. The van der Waals surface area contributed by atoms with Gasteiger partial charge in [0.1, 0.15) is 5.82 Å². The van der Waals surface area contributed by atoms with Crippen LogP contribution in [0, 0.1) is 5.82 Å². The summed E-state index contributed by atoms with van der Waals surface area (Å²) >= 11 is 0. The Balaban J connectivity index is 1.63. The van der Waals surface area contributed by atoms with Crippen LogP contribution in [-0.4, -0.2) is 25.7 Å². The lowest BCUT2D eigenvalue weighted by molar-refractivity contribution is 0.297. The molecule has 1 aliphatic heterocycles. The van der Waals surface area contributed by atoms with E-state index in [0.29, 0.717) is 32.3 Å². The molecule has 0 aliphatic carbocycles. The monoisotopic (exact) mass is 357 g/mol. The minimum Gasteiger partial charge on any atom is -0.490 e. The van der Waals surface area contributed by atoms with Gasteiger partial charge in [0.15, 0.2) is 17.5 Å². The molecule has 0 fully saturated rings. The molecule has 2 N–H and O–H groups in total. The SMILES string of the molecule is CCNC(=NCc1cccc(F)c1)NCc1ccc2c(c1)OCCCO2. The Morgan fingerprint density at radius 1 is 1.04 bits per heavy atom. The molecule has 0 atom stereocenters. The minimum atomic E-state index is -0.247. The molecule has 6 heteroatoms. The van der Waals surface area contributed by atoms with Crippen LogP contribution in [0.15, 0.2) is 47.5 Å². The van der Waals surface area contributed by atoms with Gasteiger partial charge in [0.2, 0.25) is 0 Å². The Labute approximate surface area is 153 Å². The van der Waals surface area contributed by atoms with E-state index in [-0.39, 0.29) is 5.82 Å². The zero-order valence-corrected chi connectivity index (χ0v) is 14.9. The third kappa shape index (κ3) is 5.12. The second-order valence-electron chi connectivity index (χ2n) is 6.01. The molecular weight excluding hydrogens is 333 g/mol. The van der Waals surface area contributed by atoms with E-state index >= 15 is 0 Å². The number of halogens is 1. The van der Waals surface area contributed by atoms with E-state index in [9.17, 15) is 4.39 Å². The van der Waals surface area contributed by atoms with Crippen molar-refractivity contribution < 1.29 is 13.9 Å². The van der Waals surface area contributed by atoms with Crippen molar-refractivity contribution in [1.29, 1.82) is 0 Å². The highest BCUT2D eigenvalue weighted by Crippen LogP contribution is 2.30. The summed E-state index contributed by atoms with van der Waals surface area (Å²) in [7, 11) is 0. The van der Waals surface area contributed by atoms with Gasteiger partial charge in [0.25, 0.3) is 0 Å². The normalized spacial score (nSPS) is 13.8. The van der Waals surface area contributed by atoms with Gasteiger partial charge in [-0.3, -0.25) is 0 Å². The molecule has 1 aliphatic rings. The third-order valence-corrected chi connectivity index (χ3v) is 3.92. The lowest BCUT2D eigenvalue weighted by Crippen LogP contribution is -2.36. The van der Waals surface area contributed by atoms with Crippen molar-refractivity contribution in [3.63, 3.8) is 0 Å². The van der Waals surface area contributed by atoms with Crippen LogP contribution in [0.2, 0.25) is 0 Å². The maximum Gasteiger partial charge on any atom is 0.191 e. The molecule has 0 radical (unpaired) electrons. The maximum atomic E-state index is 13.3. The van der Waals surface area contributed by atoms with Crippen molar-refractivity contribution in [3.05, 3.63) is 59.4 Å². The van der Waals surface area contributed by atoms with Gasteiger partial charge >= 0.3 is 0 Å². The average molecular weight is 357 g/mol. The predicted octanol–water partition coefficient (Wildman–Crippen LogP) is 3.24. The van der Waals surface area contributed by atoms with Crippen LogP contribution in [0.5, 0.6) is 11.5 Å². The number of nitrogens with zero attached hydrogens (tertiary/aromatic N) is 1. The number of guanidine groups is 1. The number of rotatable bonds is 5. The Morgan fingerprint density at radius 2 is 1.88 bits per heavy atom. The molecule has 5 nitrogen and oxygen atoms in total. The molecule has 0 aromatic heterocycles. The van der Waals surface area contributed by atoms with Gasteiger partial charge in [0, 0.05) is 19.5 Å². The van der Waals surface area contributed by atoms with Crippen molar-refractivity contribution in [2.24, 2.45) is 4.99 Å². The van der Waals surface area contributed by atoms with Crippen molar-refractivity contribution in [3.8, 4) is 11.5 Å². The first-order valence-electron chi connectivity index (χ1n) is 8.90. The van der Waals surface area contributed by atoms with Crippen LogP contribution < -0.4 is 20.1 Å². The fraction of sp³-hybridized carbons (Fsp3) is 0.350. The Bertz CT molecular complexity index is 764. The largest absolute Gasteiger partial charge is 0.490 e. The predicted molar refractivity (Wildman–Crippen MR) is 100 cm³/mol. The van der Waals surface area contributed by atoms with Crippen LogP contribution in [0.1, 0.15) is 24.5 Å². The molecule has 0 bridgehead atoms. The van der Waals surface area contributed by atoms with Crippen molar-refractivity contribution in [2.45, 2.75) is 26.4 Å². The van der Waals surface area contributed by atoms with Gasteiger partial charge in [0.05, 0.1) is 19.8 Å². The van der Waals surface area contributed by atoms with E-state index in [4.69, 9.17) is 9.47 Å². The molecule has 0 amide bonds. The van der Waals surface area contributed by atoms with Crippen LogP contribution in [0.3, 0.4) is 0 Å². The topological polar surface area (TPSA) is 54.9 Å². The summed E-state index contributed by atoms with van der Waals surface area (Å²) in [5.41, 5.74) is 1.91. The highest BCUT2D eigenvalue weighted by Gasteiger charge is 2.10. The molecule has 26 heavy (non-hydrogen) atoms. The minimum absolute atomic E-state index is 0.247. The van der Waals surface area contributed by atoms with Gasteiger partial charge in [-0.1, -0.05) is 18.2 Å². The van der Waals surface area contributed by atoms with Gasteiger partial charge in [-0.05, 0) is 42.3 Å². The van der Waals surface area contributed by atoms with Crippen LogP contribution in [0.25, 0.3) is 0 Å². The van der Waals surface area contributed by atoms with E-state index in [1.807, 2.05) is 31.2 Å². The fourth-order valence-electron chi connectivity index (χ4n) is 2.65. The van der Waals surface area contributed by atoms with Crippen molar-refractivity contribution in [2.75, 3.05) is 19.8 Å². The first-order valence-corrected chi connectivity index (χ1v) is 8.90. The molecule has 1 heterocycles. The average Bonchev–Trinajstić information content (AvgIpc) is 2.89. The number of nitrogens with one attached hydrogen (secondary N) is 2. The zero-order valence-electron chi connectivity index (χ0n) is 14.9. The van der Waals surface area contributed by atoms with Crippen molar-refractivity contribution in [1.82, 2.24) is 10.6 Å². The van der Waals surface area contributed by atoms with E-state index in [2.05, 4.69) is 15.6 Å². The highest BCUT2D eigenvalue weighted by molar-refractivity contribution is 5.79. The van der Waals surface area contributed by atoms with Gasteiger partial charge in [-0.15, -0.1) is 0 Å². The number of ether oxygens (including phenoxy) is 2. The number of fused-ring (bicyclic) bond motifs is 1. The number of aliphatic imine (C=N–C) groups is 1. The summed E-state index contributed by atoms with van der Waals surface area (Å²) in [6.07, 6.45) is 0.888. The Hall–Kier alpha value is -2.76. The van der Waals surface area contributed by atoms with Gasteiger partial charge in [-0.25, -0.2) is 9.38 Å².